The fourth-order valence-electron chi connectivity index (χ4n) is 2.80. The first-order chi connectivity index (χ1) is 14.8. The molecule has 0 bridgehead atoms. The number of carbonyl (C=O) groups is 3. The minimum Gasteiger partial charge on any atom is -0.491 e. The van der Waals surface area contributed by atoms with Gasteiger partial charge in [-0.2, -0.15) is 0 Å². The molecule has 0 atom stereocenters. The number of nitrogens with one attached hydrogen (secondary N) is 2. The van der Waals surface area contributed by atoms with Gasteiger partial charge in [0.25, 0.3) is 11.8 Å². The molecule has 2 amide bonds. The van der Waals surface area contributed by atoms with Crippen molar-refractivity contribution in [1.82, 2.24) is 10.9 Å². The van der Waals surface area contributed by atoms with Gasteiger partial charge in [0, 0.05) is 24.3 Å². The maximum absolute atomic E-state index is 12.2. The summed E-state index contributed by atoms with van der Waals surface area (Å²) in [6.07, 6.45) is 0.0250. The fraction of sp³-hybridized carbons (Fsp3) is 0.348. The summed E-state index contributed by atoms with van der Waals surface area (Å²) >= 11 is 0. The summed E-state index contributed by atoms with van der Waals surface area (Å²) in [4.78, 5) is 38.3. The predicted molar refractivity (Wildman–Crippen MR) is 118 cm³/mol. The molecule has 2 aromatic carbocycles. The number of carbonyl (C=O) groups excluding carboxylic acids is 3. The number of hydrogen-bond acceptors (Lipinski definition) is 6. The molecule has 0 aliphatic rings. The van der Waals surface area contributed by atoms with Crippen molar-refractivity contribution in [3.8, 4) is 5.75 Å². The summed E-state index contributed by atoms with van der Waals surface area (Å²) in [6, 6.07) is 13.5. The van der Waals surface area contributed by atoms with E-state index in [2.05, 4.69) is 29.6 Å². The zero-order valence-corrected chi connectivity index (χ0v) is 18.3. The summed E-state index contributed by atoms with van der Waals surface area (Å²) < 4.78 is 10.5. The van der Waals surface area contributed by atoms with Crippen molar-refractivity contribution in [2.75, 3.05) is 24.6 Å². The van der Waals surface area contributed by atoms with Crippen LogP contribution in [0.5, 0.6) is 5.75 Å². The topological polar surface area (TPSA) is 97.0 Å². The average molecular weight is 428 g/mol. The van der Waals surface area contributed by atoms with Crippen molar-refractivity contribution in [2.24, 2.45) is 0 Å². The third-order valence-corrected chi connectivity index (χ3v) is 4.37. The van der Waals surface area contributed by atoms with Crippen LogP contribution < -0.4 is 20.5 Å². The predicted octanol–water partition coefficient (Wildman–Crippen LogP) is 2.94. The zero-order chi connectivity index (χ0) is 22.8. The fourth-order valence-corrected chi connectivity index (χ4v) is 2.80. The standard InChI is InChI=1S/C23H29N3O5/c1-5-26(6-2)19-11-7-17(8-12-19)22(28)25-24-21(27)15-30-23(29)18-9-13-20(14-10-18)31-16(3)4/h7-14,16H,5-6,15H2,1-4H3,(H,24,27)(H,25,28). The van der Waals surface area contributed by atoms with E-state index in [0.717, 1.165) is 18.8 Å². The van der Waals surface area contributed by atoms with Gasteiger partial charge in [0.15, 0.2) is 6.61 Å². The number of hydrazine groups is 1. The van der Waals surface area contributed by atoms with Crippen molar-refractivity contribution in [1.29, 1.82) is 0 Å². The lowest BCUT2D eigenvalue weighted by Gasteiger charge is -2.21. The number of hydrogen-bond donors (Lipinski definition) is 2. The molecule has 0 aliphatic heterocycles. The summed E-state index contributed by atoms with van der Waals surface area (Å²) in [5, 5.41) is 0. The lowest BCUT2D eigenvalue weighted by atomic mass is 10.2. The Kier molecular flexibility index (Phi) is 8.87. The molecular weight excluding hydrogens is 398 g/mol. The van der Waals surface area contributed by atoms with E-state index in [4.69, 9.17) is 9.47 Å². The second-order valence-corrected chi connectivity index (χ2v) is 6.99. The molecule has 0 spiro atoms. The highest BCUT2D eigenvalue weighted by molar-refractivity contribution is 5.96. The van der Waals surface area contributed by atoms with Gasteiger partial charge in [-0.15, -0.1) is 0 Å². The van der Waals surface area contributed by atoms with Gasteiger partial charge in [-0.25, -0.2) is 4.79 Å². The van der Waals surface area contributed by atoms with Crippen LogP contribution in [0.25, 0.3) is 0 Å². The van der Waals surface area contributed by atoms with E-state index in [1.165, 1.54) is 0 Å². The van der Waals surface area contributed by atoms with Crippen LogP contribution in [0.3, 0.4) is 0 Å². The minimum atomic E-state index is -0.652. The molecule has 166 valence electrons. The number of rotatable bonds is 9. The Bertz CT molecular complexity index is 875. The molecule has 0 aliphatic carbocycles. The molecule has 2 rings (SSSR count). The number of amides is 2. The highest BCUT2D eigenvalue weighted by atomic mass is 16.5. The SMILES string of the molecule is CCN(CC)c1ccc(C(=O)NNC(=O)COC(=O)c2ccc(OC(C)C)cc2)cc1. The van der Waals surface area contributed by atoms with Gasteiger partial charge in [0.05, 0.1) is 11.7 Å². The Hall–Kier alpha value is -3.55. The summed E-state index contributed by atoms with van der Waals surface area (Å²) in [5.41, 5.74) is 6.24. The van der Waals surface area contributed by atoms with Crippen molar-refractivity contribution in [2.45, 2.75) is 33.8 Å². The van der Waals surface area contributed by atoms with Gasteiger partial charge in [-0.3, -0.25) is 20.4 Å². The molecule has 31 heavy (non-hydrogen) atoms. The Morgan fingerprint density at radius 3 is 2.00 bits per heavy atom. The lowest BCUT2D eigenvalue weighted by molar-refractivity contribution is -0.125. The molecule has 0 aromatic heterocycles. The van der Waals surface area contributed by atoms with Gasteiger partial charge in [-0.1, -0.05) is 0 Å². The van der Waals surface area contributed by atoms with Gasteiger partial charge in [-0.05, 0) is 76.2 Å². The van der Waals surface area contributed by atoms with Crippen LogP contribution in [0.1, 0.15) is 48.4 Å². The first kappa shape index (κ1) is 23.7. The second-order valence-electron chi connectivity index (χ2n) is 6.99. The van der Waals surface area contributed by atoms with Crippen LogP contribution in [0.15, 0.2) is 48.5 Å². The molecule has 0 fully saturated rings. The summed E-state index contributed by atoms with van der Waals surface area (Å²) in [7, 11) is 0. The minimum absolute atomic E-state index is 0.0250. The van der Waals surface area contributed by atoms with Crippen molar-refractivity contribution in [3.63, 3.8) is 0 Å². The number of anilines is 1. The maximum atomic E-state index is 12.2. The quantitative estimate of drug-likeness (QED) is 0.472. The number of esters is 1. The highest BCUT2D eigenvalue weighted by Crippen LogP contribution is 2.15. The van der Waals surface area contributed by atoms with Crippen LogP contribution >= 0.6 is 0 Å². The van der Waals surface area contributed by atoms with E-state index in [0.29, 0.717) is 16.9 Å². The van der Waals surface area contributed by atoms with Crippen LogP contribution in [0.2, 0.25) is 0 Å². The normalized spacial score (nSPS) is 10.4. The number of ether oxygens (including phenoxy) is 2. The molecular formula is C23H29N3O5. The zero-order valence-electron chi connectivity index (χ0n) is 18.3. The highest BCUT2D eigenvalue weighted by Gasteiger charge is 2.12. The van der Waals surface area contributed by atoms with Crippen LogP contribution in [-0.2, 0) is 9.53 Å². The Morgan fingerprint density at radius 2 is 1.45 bits per heavy atom. The van der Waals surface area contributed by atoms with Gasteiger partial charge < -0.3 is 14.4 Å². The maximum Gasteiger partial charge on any atom is 0.338 e. The van der Waals surface area contributed by atoms with E-state index in [1.54, 1.807) is 36.4 Å². The van der Waals surface area contributed by atoms with Gasteiger partial charge >= 0.3 is 5.97 Å². The van der Waals surface area contributed by atoms with Crippen LogP contribution in [0.4, 0.5) is 5.69 Å². The van der Waals surface area contributed by atoms with Crippen molar-refractivity contribution in [3.05, 3.63) is 59.7 Å². The average Bonchev–Trinajstić information content (AvgIpc) is 2.77. The molecule has 0 unspecified atom stereocenters. The summed E-state index contributed by atoms with van der Waals surface area (Å²) in [6.45, 7) is 9.14. The van der Waals surface area contributed by atoms with Gasteiger partial charge in [0.2, 0.25) is 0 Å². The Morgan fingerprint density at radius 1 is 0.871 bits per heavy atom. The summed E-state index contributed by atoms with van der Waals surface area (Å²) in [5.74, 6) is -1.13. The number of benzene rings is 2. The molecule has 0 radical (unpaired) electrons. The first-order valence-corrected chi connectivity index (χ1v) is 10.2. The van der Waals surface area contributed by atoms with E-state index < -0.39 is 24.4 Å². The number of nitrogens with zero attached hydrogens (tertiary/aromatic N) is 1. The van der Waals surface area contributed by atoms with Gasteiger partial charge in [0.1, 0.15) is 5.75 Å². The van der Waals surface area contributed by atoms with Crippen LogP contribution in [0, 0.1) is 0 Å². The van der Waals surface area contributed by atoms with E-state index in [1.807, 2.05) is 26.0 Å². The molecule has 2 aromatic rings. The van der Waals surface area contributed by atoms with Crippen LogP contribution in [-0.4, -0.2) is 43.6 Å². The Labute approximate surface area is 182 Å². The molecule has 2 N–H and O–H groups in total. The first-order valence-electron chi connectivity index (χ1n) is 10.2. The monoisotopic (exact) mass is 427 g/mol. The second kappa shape index (κ2) is 11.6. The molecule has 0 saturated carbocycles. The Balaban J connectivity index is 1.78. The molecule has 8 heteroatoms. The lowest BCUT2D eigenvalue weighted by Crippen LogP contribution is -2.43. The molecule has 0 heterocycles. The third-order valence-electron chi connectivity index (χ3n) is 4.37. The van der Waals surface area contributed by atoms with Crippen molar-refractivity contribution >= 4 is 23.5 Å². The largest absolute Gasteiger partial charge is 0.491 e. The van der Waals surface area contributed by atoms with E-state index in [9.17, 15) is 14.4 Å². The smallest absolute Gasteiger partial charge is 0.338 e. The van der Waals surface area contributed by atoms with Crippen molar-refractivity contribution < 1.29 is 23.9 Å². The molecule has 0 saturated heterocycles. The van der Waals surface area contributed by atoms with E-state index >= 15 is 0 Å². The van der Waals surface area contributed by atoms with E-state index in [-0.39, 0.29) is 6.10 Å². The molecule has 8 nitrogen and oxygen atoms in total. The third kappa shape index (κ3) is 7.33.